The molecule has 0 radical (unpaired) electrons. The Bertz CT molecular complexity index is 1530. The van der Waals surface area contributed by atoms with Crippen LogP contribution in [0.25, 0.3) is 31.6 Å². The lowest BCUT2D eigenvalue weighted by Gasteiger charge is -2.11. The van der Waals surface area contributed by atoms with E-state index in [0.717, 1.165) is 37.0 Å². The molecule has 0 aliphatic heterocycles. The van der Waals surface area contributed by atoms with Crippen molar-refractivity contribution in [3.05, 3.63) is 94.5 Å². The summed E-state index contributed by atoms with van der Waals surface area (Å²) in [5.74, 6) is -0.252. The Morgan fingerprint density at radius 1 is 0.970 bits per heavy atom. The van der Waals surface area contributed by atoms with Gasteiger partial charge in [0.05, 0.1) is 10.2 Å². The van der Waals surface area contributed by atoms with E-state index in [4.69, 9.17) is 17.2 Å². The summed E-state index contributed by atoms with van der Waals surface area (Å²) < 4.78 is 2.12. The van der Waals surface area contributed by atoms with Crippen LogP contribution in [0.5, 0.6) is 0 Å². The Labute approximate surface area is 208 Å². The van der Waals surface area contributed by atoms with Gasteiger partial charge in [0, 0.05) is 21.3 Å². The quantitative estimate of drug-likeness (QED) is 0.239. The number of anilines is 1. The summed E-state index contributed by atoms with van der Waals surface area (Å²) in [6.45, 7) is 2.08. The molecule has 33 heavy (non-hydrogen) atoms. The summed E-state index contributed by atoms with van der Waals surface area (Å²) in [5, 5.41) is 8.93. The van der Waals surface area contributed by atoms with E-state index in [1.165, 1.54) is 10.3 Å². The lowest BCUT2D eigenvalue weighted by Crippen LogP contribution is -2.34. The van der Waals surface area contributed by atoms with Gasteiger partial charge in [-0.1, -0.05) is 46.3 Å². The summed E-state index contributed by atoms with van der Waals surface area (Å²) in [4.78, 5) is 17.6. The third-order valence-corrected chi connectivity index (χ3v) is 7.24. The van der Waals surface area contributed by atoms with Crippen LogP contribution < -0.4 is 10.6 Å². The summed E-state index contributed by atoms with van der Waals surface area (Å²) >= 11 is 10.6. The van der Waals surface area contributed by atoms with Crippen molar-refractivity contribution in [2.24, 2.45) is 0 Å². The van der Waals surface area contributed by atoms with E-state index in [1.54, 1.807) is 17.4 Å². The molecule has 4 nitrogen and oxygen atoms in total. The van der Waals surface area contributed by atoms with Gasteiger partial charge < -0.3 is 5.32 Å². The van der Waals surface area contributed by atoms with Gasteiger partial charge in [-0.2, -0.15) is 0 Å². The molecule has 162 valence electrons. The Kier molecular flexibility index (Phi) is 5.93. The maximum absolute atomic E-state index is 12.9. The van der Waals surface area contributed by atoms with Crippen LogP contribution in [0, 0.1) is 6.92 Å². The molecule has 0 unspecified atom stereocenters. The number of carbonyl (C=O) groups excluding carboxylic acids is 1. The van der Waals surface area contributed by atoms with Crippen molar-refractivity contribution >= 4 is 77.2 Å². The first-order valence-corrected chi connectivity index (χ1v) is 12.3. The third-order valence-electron chi connectivity index (χ3n) is 5.27. The molecule has 0 saturated carbocycles. The van der Waals surface area contributed by atoms with Gasteiger partial charge in [0.25, 0.3) is 5.91 Å². The maximum atomic E-state index is 12.9. The van der Waals surface area contributed by atoms with Crippen molar-refractivity contribution in [3.8, 4) is 10.6 Å². The van der Waals surface area contributed by atoms with Crippen LogP contribution in [0.4, 0.5) is 5.69 Å². The number of thiocarbonyl (C=S) groups is 1. The Morgan fingerprint density at radius 2 is 1.73 bits per heavy atom. The number of nitrogens with one attached hydrogen (secondary N) is 2. The maximum Gasteiger partial charge on any atom is 0.258 e. The molecule has 0 aliphatic carbocycles. The number of aryl methyl sites for hydroxylation is 1. The number of aromatic nitrogens is 1. The average molecular weight is 532 g/mol. The summed E-state index contributed by atoms with van der Waals surface area (Å²) in [5.41, 5.74) is 4.63. The van der Waals surface area contributed by atoms with Crippen LogP contribution in [0.15, 0.2) is 83.3 Å². The number of carbonyl (C=O) groups is 1. The van der Waals surface area contributed by atoms with Gasteiger partial charge in [-0.15, -0.1) is 11.3 Å². The number of hydrogen-bond acceptors (Lipinski definition) is 4. The number of halogens is 1. The van der Waals surface area contributed by atoms with Crippen molar-refractivity contribution in [2.45, 2.75) is 6.92 Å². The predicted octanol–water partition coefficient (Wildman–Crippen LogP) is 7.31. The topological polar surface area (TPSA) is 54.0 Å². The average Bonchev–Trinajstić information content (AvgIpc) is 3.22. The minimum Gasteiger partial charge on any atom is -0.332 e. The first-order valence-electron chi connectivity index (χ1n) is 10.3. The zero-order chi connectivity index (χ0) is 22.9. The fraction of sp³-hybridized carbons (Fsp3) is 0.0385. The lowest BCUT2D eigenvalue weighted by molar-refractivity contribution is 0.0979. The van der Waals surface area contributed by atoms with E-state index in [0.29, 0.717) is 5.56 Å². The molecule has 1 heterocycles. The van der Waals surface area contributed by atoms with Gasteiger partial charge in [0.15, 0.2) is 5.11 Å². The SMILES string of the molecule is Cc1ccc2nc(-c3ccc(NC(=S)NC(=O)c4cccc5c(Br)cccc45)cc3)sc2c1. The molecule has 0 fully saturated rings. The van der Waals surface area contributed by atoms with Crippen molar-refractivity contribution < 1.29 is 4.79 Å². The molecule has 4 aromatic carbocycles. The molecule has 1 amide bonds. The van der Waals surface area contributed by atoms with Crippen molar-refractivity contribution in [3.63, 3.8) is 0 Å². The third kappa shape index (κ3) is 4.53. The van der Waals surface area contributed by atoms with Crippen LogP contribution >= 0.6 is 39.5 Å². The highest BCUT2D eigenvalue weighted by molar-refractivity contribution is 9.10. The molecule has 0 aliphatic rings. The van der Waals surface area contributed by atoms with Gasteiger partial charge in [-0.05, 0) is 84.0 Å². The number of hydrogen-bond donors (Lipinski definition) is 2. The van der Waals surface area contributed by atoms with E-state index in [1.807, 2.05) is 54.6 Å². The van der Waals surface area contributed by atoms with Gasteiger partial charge in [0.1, 0.15) is 5.01 Å². The number of nitrogens with zero attached hydrogens (tertiary/aromatic N) is 1. The largest absolute Gasteiger partial charge is 0.332 e. The normalized spacial score (nSPS) is 11.0. The first kappa shape index (κ1) is 21.7. The molecular weight excluding hydrogens is 514 g/mol. The summed E-state index contributed by atoms with van der Waals surface area (Å²) in [7, 11) is 0. The fourth-order valence-corrected chi connectivity index (χ4v) is 5.43. The van der Waals surface area contributed by atoms with Gasteiger partial charge in [-0.3, -0.25) is 10.1 Å². The molecule has 1 aromatic heterocycles. The summed E-state index contributed by atoms with van der Waals surface area (Å²) in [6.07, 6.45) is 0. The van der Waals surface area contributed by atoms with E-state index in [-0.39, 0.29) is 11.0 Å². The smallest absolute Gasteiger partial charge is 0.258 e. The first-order chi connectivity index (χ1) is 16.0. The lowest BCUT2D eigenvalue weighted by atomic mass is 10.0. The Hall–Kier alpha value is -3.13. The second kappa shape index (κ2) is 9.02. The van der Waals surface area contributed by atoms with Crippen LogP contribution in [0.2, 0.25) is 0 Å². The molecule has 0 saturated heterocycles. The fourth-order valence-electron chi connectivity index (χ4n) is 3.65. The van der Waals surface area contributed by atoms with E-state index in [9.17, 15) is 4.79 Å². The molecule has 0 spiro atoms. The number of thiazole rings is 1. The predicted molar refractivity (Wildman–Crippen MR) is 145 cm³/mol. The highest BCUT2D eigenvalue weighted by Gasteiger charge is 2.13. The molecule has 0 bridgehead atoms. The van der Waals surface area contributed by atoms with Crippen molar-refractivity contribution in [1.82, 2.24) is 10.3 Å². The van der Waals surface area contributed by atoms with Crippen LogP contribution in [-0.2, 0) is 0 Å². The number of benzene rings is 4. The molecule has 5 rings (SSSR count). The number of rotatable bonds is 3. The molecule has 5 aromatic rings. The minimum absolute atomic E-state index is 0.246. The van der Waals surface area contributed by atoms with Gasteiger partial charge in [0.2, 0.25) is 0 Å². The van der Waals surface area contributed by atoms with Crippen molar-refractivity contribution in [1.29, 1.82) is 0 Å². The van der Waals surface area contributed by atoms with E-state index in [2.05, 4.69) is 51.7 Å². The minimum atomic E-state index is -0.252. The van der Waals surface area contributed by atoms with Gasteiger partial charge in [-0.25, -0.2) is 4.98 Å². The van der Waals surface area contributed by atoms with Crippen molar-refractivity contribution in [2.75, 3.05) is 5.32 Å². The summed E-state index contributed by atoms with van der Waals surface area (Å²) in [6, 6.07) is 25.6. The highest BCUT2D eigenvalue weighted by atomic mass is 79.9. The Balaban J connectivity index is 1.29. The molecule has 7 heteroatoms. The van der Waals surface area contributed by atoms with Crippen LogP contribution in [0.3, 0.4) is 0 Å². The molecule has 0 atom stereocenters. The van der Waals surface area contributed by atoms with E-state index < -0.39 is 0 Å². The van der Waals surface area contributed by atoms with Crippen LogP contribution in [-0.4, -0.2) is 16.0 Å². The van der Waals surface area contributed by atoms with Gasteiger partial charge >= 0.3 is 0 Å². The Morgan fingerprint density at radius 3 is 2.55 bits per heavy atom. The zero-order valence-electron chi connectivity index (χ0n) is 17.6. The molecule has 2 N–H and O–H groups in total. The van der Waals surface area contributed by atoms with E-state index >= 15 is 0 Å². The van der Waals surface area contributed by atoms with Crippen LogP contribution in [0.1, 0.15) is 15.9 Å². The number of fused-ring (bicyclic) bond motifs is 2. The molecular formula is C26H18BrN3OS2. The highest BCUT2D eigenvalue weighted by Crippen LogP contribution is 2.31. The monoisotopic (exact) mass is 531 g/mol. The second-order valence-corrected chi connectivity index (χ2v) is 9.91. The second-order valence-electron chi connectivity index (χ2n) is 7.62. The zero-order valence-corrected chi connectivity index (χ0v) is 20.8. The standard InChI is InChI=1S/C26H18BrN3OS2/c1-15-8-13-22-23(14-15)33-25(29-22)16-9-11-17(12-10-16)28-26(32)30-24(31)20-6-2-5-19-18(20)4-3-7-21(19)27/h2-14H,1H3,(H2,28,30,31,32). The number of amides is 1.